The third-order valence-corrected chi connectivity index (χ3v) is 6.72. The van der Waals surface area contributed by atoms with Gasteiger partial charge in [0.15, 0.2) is 0 Å². The van der Waals surface area contributed by atoms with Gasteiger partial charge in [-0.25, -0.2) is 14.4 Å². The van der Waals surface area contributed by atoms with E-state index in [0.29, 0.717) is 30.3 Å². The maximum Gasteiger partial charge on any atom is 0.252 e. The lowest BCUT2D eigenvalue weighted by Gasteiger charge is -2.15. The summed E-state index contributed by atoms with van der Waals surface area (Å²) in [6.45, 7) is 9.52. The van der Waals surface area contributed by atoms with Gasteiger partial charge in [-0.3, -0.25) is 4.79 Å². The zero-order valence-corrected chi connectivity index (χ0v) is 20.5. The fraction of sp³-hybridized carbons (Fsp3) is 0.321. The number of aryl methyl sites for hydroxylation is 2. The summed E-state index contributed by atoms with van der Waals surface area (Å²) in [6, 6.07) is 13.2. The first-order valence-electron chi connectivity index (χ1n) is 12.1. The van der Waals surface area contributed by atoms with Crippen molar-refractivity contribution in [3.8, 4) is 11.3 Å². The third-order valence-electron chi connectivity index (χ3n) is 6.72. The summed E-state index contributed by atoms with van der Waals surface area (Å²) in [7, 11) is 0. The molecule has 0 aliphatic carbocycles. The summed E-state index contributed by atoms with van der Waals surface area (Å²) >= 11 is 0. The lowest BCUT2D eigenvalue weighted by atomic mass is 9.94. The van der Waals surface area contributed by atoms with Crippen molar-refractivity contribution < 1.29 is 9.18 Å². The van der Waals surface area contributed by atoms with Crippen LogP contribution in [0.4, 0.5) is 10.2 Å². The number of benzene rings is 2. The molecule has 1 atom stereocenters. The van der Waals surface area contributed by atoms with Gasteiger partial charge in [0.25, 0.3) is 5.91 Å². The van der Waals surface area contributed by atoms with Gasteiger partial charge in [0.05, 0.1) is 17.3 Å². The molecular formula is C28H30FN5O. The molecule has 180 valence electrons. The Hall–Kier alpha value is -3.74. The molecular weight excluding hydrogens is 441 g/mol. The number of halogens is 1. The summed E-state index contributed by atoms with van der Waals surface area (Å²) in [5.41, 5.74) is 6.24. The molecule has 0 unspecified atom stereocenters. The largest absolute Gasteiger partial charge is 0.368 e. The molecule has 2 aromatic heterocycles. The monoisotopic (exact) mass is 471 g/mol. The number of rotatable bonds is 7. The van der Waals surface area contributed by atoms with E-state index in [-0.39, 0.29) is 17.8 Å². The Kier molecular flexibility index (Phi) is 6.01. The Bertz CT molecular complexity index is 1420. The van der Waals surface area contributed by atoms with Crippen LogP contribution in [0.1, 0.15) is 53.5 Å². The number of anilines is 1. The van der Waals surface area contributed by atoms with E-state index < -0.39 is 0 Å². The van der Waals surface area contributed by atoms with Crippen molar-refractivity contribution in [2.75, 3.05) is 11.9 Å². The van der Waals surface area contributed by atoms with Gasteiger partial charge in [-0.1, -0.05) is 26.0 Å². The van der Waals surface area contributed by atoms with Gasteiger partial charge in [0, 0.05) is 41.4 Å². The van der Waals surface area contributed by atoms with Crippen LogP contribution in [0, 0.1) is 25.6 Å². The summed E-state index contributed by atoms with van der Waals surface area (Å²) < 4.78 is 16.6. The van der Waals surface area contributed by atoms with Crippen molar-refractivity contribution in [2.24, 2.45) is 5.92 Å². The van der Waals surface area contributed by atoms with E-state index in [1.165, 1.54) is 6.07 Å². The van der Waals surface area contributed by atoms with E-state index in [1.807, 2.05) is 48.7 Å². The number of nitrogens with one attached hydrogen (secondary N) is 2. The molecule has 5 rings (SSSR count). The summed E-state index contributed by atoms with van der Waals surface area (Å²) in [5.74, 6) is 0.961. The van der Waals surface area contributed by atoms with Gasteiger partial charge < -0.3 is 15.2 Å². The highest BCUT2D eigenvalue weighted by atomic mass is 19.1. The van der Waals surface area contributed by atoms with Crippen molar-refractivity contribution in [1.82, 2.24) is 19.9 Å². The van der Waals surface area contributed by atoms with E-state index in [9.17, 15) is 9.18 Å². The van der Waals surface area contributed by atoms with Crippen LogP contribution >= 0.6 is 0 Å². The van der Waals surface area contributed by atoms with Crippen molar-refractivity contribution >= 4 is 22.6 Å². The highest BCUT2D eigenvalue weighted by Crippen LogP contribution is 2.33. The van der Waals surface area contributed by atoms with Crippen molar-refractivity contribution in [3.05, 3.63) is 77.0 Å². The number of carbonyl (C=O) groups is 1. The van der Waals surface area contributed by atoms with Gasteiger partial charge in [-0.15, -0.1) is 0 Å². The maximum absolute atomic E-state index is 14.6. The Morgan fingerprint density at radius 2 is 1.94 bits per heavy atom. The Morgan fingerprint density at radius 3 is 2.74 bits per heavy atom. The molecule has 6 nitrogen and oxygen atoms in total. The highest BCUT2D eigenvalue weighted by molar-refractivity contribution is 5.99. The van der Waals surface area contributed by atoms with Gasteiger partial charge in [-0.05, 0) is 61.6 Å². The van der Waals surface area contributed by atoms with E-state index in [0.717, 1.165) is 45.4 Å². The first-order valence-corrected chi connectivity index (χ1v) is 12.1. The topological polar surface area (TPSA) is 71.8 Å². The third kappa shape index (κ3) is 4.38. The predicted octanol–water partition coefficient (Wildman–Crippen LogP) is 5.80. The molecule has 4 aromatic rings. The Labute approximate surface area is 204 Å². The number of aromatic nitrogens is 3. The normalized spacial score (nSPS) is 15.0. The molecule has 1 aliphatic heterocycles. The minimum absolute atomic E-state index is 0.0123. The van der Waals surface area contributed by atoms with E-state index in [4.69, 9.17) is 0 Å². The van der Waals surface area contributed by atoms with Crippen molar-refractivity contribution in [2.45, 2.75) is 46.7 Å². The molecule has 0 saturated carbocycles. The SMILES string of the molecule is Cc1ccc(F)c2c1cc(C)n2CCNc1cc(-c2ccc3c(c2)[C@@H](CC(C)C)NC3=O)ncn1. The molecule has 7 heteroatoms. The molecule has 0 saturated heterocycles. The summed E-state index contributed by atoms with van der Waals surface area (Å²) in [6.07, 6.45) is 2.44. The van der Waals surface area contributed by atoms with Gasteiger partial charge in [0.2, 0.25) is 0 Å². The lowest BCUT2D eigenvalue weighted by Crippen LogP contribution is -2.20. The fourth-order valence-electron chi connectivity index (χ4n) is 4.99. The summed E-state index contributed by atoms with van der Waals surface area (Å²) in [4.78, 5) is 21.2. The quantitative estimate of drug-likeness (QED) is 0.358. The number of hydrogen-bond donors (Lipinski definition) is 2. The van der Waals surface area contributed by atoms with Crippen LogP contribution < -0.4 is 10.6 Å². The second-order valence-corrected chi connectivity index (χ2v) is 9.74. The Balaban J connectivity index is 1.34. The molecule has 0 radical (unpaired) electrons. The van der Waals surface area contributed by atoms with Crippen LogP contribution in [-0.2, 0) is 6.54 Å². The molecule has 1 amide bonds. The second kappa shape index (κ2) is 9.13. The minimum Gasteiger partial charge on any atom is -0.368 e. The molecule has 0 fully saturated rings. The van der Waals surface area contributed by atoms with Gasteiger partial charge >= 0.3 is 0 Å². The standard InChI is InChI=1S/C28H30FN5O/c1-16(2)11-25-22-13-19(6-7-20(22)28(35)33-25)24-14-26(32-15-31-24)30-9-10-34-18(4)12-21-17(3)5-8-23(29)27(21)34/h5-8,12-16,25H,9-11H2,1-4H3,(H,33,35)(H,30,31,32)/t25-/m1/s1. The minimum atomic E-state index is -0.205. The van der Waals surface area contributed by atoms with Crippen LogP contribution in [0.2, 0.25) is 0 Å². The van der Waals surface area contributed by atoms with Crippen LogP contribution in [-0.4, -0.2) is 27.0 Å². The van der Waals surface area contributed by atoms with Crippen molar-refractivity contribution in [3.63, 3.8) is 0 Å². The zero-order valence-electron chi connectivity index (χ0n) is 20.5. The Morgan fingerprint density at radius 1 is 1.11 bits per heavy atom. The molecule has 2 aromatic carbocycles. The average Bonchev–Trinajstić information content (AvgIpc) is 3.33. The van der Waals surface area contributed by atoms with Crippen LogP contribution in [0.25, 0.3) is 22.2 Å². The first-order chi connectivity index (χ1) is 16.8. The number of fused-ring (bicyclic) bond motifs is 2. The number of hydrogen-bond acceptors (Lipinski definition) is 4. The molecule has 3 heterocycles. The fourth-order valence-corrected chi connectivity index (χ4v) is 4.99. The highest BCUT2D eigenvalue weighted by Gasteiger charge is 2.29. The van der Waals surface area contributed by atoms with Gasteiger partial charge in [0.1, 0.15) is 18.0 Å². The van der Waals surface area contributed by atoms with Gasteiger partial charge in [-0.2, -0.15) is 0 Å². The predicted molar refractivity (Wildman–Crippen MR) is 137 cm³/mol. The molecule has 2 N–H and O–H groups in total. The zero-order chi connectivity index (χ0) is 24.7. The number of nitrogens with zero attached hydrogens (tertiary/aromatic N) is 3. The van der Waals surface area contributed by atoms with Crippen molar-refractivity contribution in [1.29, 1.82) is 0 Å². The molecule has 1 aliphatic rings. The van der Waals surface area contributed by atoms with Crippen LogP contribution in [0.3, 0.4) is 0 Å². The van der Waals surface area contributed by atoms with E-state index >= 15 is 0 Å². The lowest BCUT2D eigenvalue weighted by molar-refractivity contribution is 0.0953. The van der Waals surface area contributed by atoms with Crippen LogP contribution in [0.15, 0.2) is 48.8 Å². The van der Waals surface area contributed by atoms with Crippen LogP contribution in [0.5, 0.6) is 0 Å². The molecule has 35 heavy (non-hydrogen) atoms. The summed E-state index contributed by atoms with van der Waals surface area (Å²) in [5, 5.41) is 7.40. The molecule has 0 bridgehead atoms. The molecule has 0 spiro atoms. The second-order valence-electron chi connectivity index (χ2n) is 9.74. The number of amides is 1. The maximum atomic E-state index is 14.6. The average molecular weight is 472 g/mol. The van der Waals surface area contributed by atoms with E-state index in [2.05, 4.69) is 40.5 Å². The first kappa shape index (κ1) is 23.0. The number of carbonyl (C=O) groups excluding carboxylic acids is 1. The smallest absolute Gasteiger partial charge is 0.252 e. The van der Waals surface area contributed by atoms with E-state index in [1.54, 1.807) is 6.33 Å².